The summed E-state index contributed by atoms with van der Waals surface area (Å²) in [5.41, 5.74) is 1.05. The molecular weight excluding hydrogens is 312 g/mol. The molecular formula is C15H16N6OS. The standard InChI is InChI=1S/C15H16N6OS/c1-11-18-19-20-21(11)13(9-12-5-3-2-4-6-12)15(22)17-10-14-16-7-8-23-14/h2-8,13H,9-10H2,1H3,(H,17,22)/t13-/m1/s1. The van der Waals surface area contributed by atoms with Crippen molar-refractivity contribution in [3.63, 3.8) is 0 Å². The number of amides is 1. The minimum atomic E-state index is -0.493. The molecule has 0 aliphatic rings. The third-order valence-corrected chi connectivity index (χ3v) is 4.20. The maximum Gasteiger partial charge on any atom is 0.245 e. The molecule has 0 radical (unpaired) electrons. The van der Waals surface area contributed by atoms with Crippen LogP contribution in [0.2, 0.25) is 0 Å². The Morgan fingerprint density at radius 1 is 1.35 bits per heavy atom. The lowest BCUT2D eigenvalue weighted by Crippen LogP contribution is -2.34. The average Bonchev–Trinajstić information content (AvgIpc) is 3.23. The Bertz CT molecular complexity index is 755. The Balaban J connectivity index is 1.77. The first-order chi connectivity index (χ1) is 11.2. The molecule has 2 aromatic heterocycles. The maximum atomic E-state index is 12.6. The highest BCUT2D eigenvalue weighted by Crippen LogP contribution is 2.15. The van der Waals surface area contributed by atoms with Crippen molar-refractivity contribution in [3.8, 4) is 0 Å². The molecule has 3 aromatic rings. The Hall–Kier alpha value is -2.61. The van der Waals surface area contributed by atoms with Gasteiger partial charge >= 0.3 is 0 Å². The van der Waals surface area contributed by atoms with E-state index in [9.17, 15) is 4.79 Å². The first kappa shape index (κ1) is 15.3. The number of carbonyl (C=O) groups is 1. The number of benzene rings is 1. The summed E-state index contributed by atoms with van der Waals surface area (Å²) in [6.45, 7) is 2.19. The smallest absolute Gasteiger partial charge is 0.245 e. The van der Waals surface area contributed by atoms with Gasteiger partial charge in [-0.3, -0.25) is 4.79 Å². The van der Waals surface area contributed by atoms with E-state index in [1.165, 1.54) is 11.3 Å². The van der Waals surface area contributed by atoms with Gasteiger partial charge < -0.3 is 5.32 Å². The van der Waals surface area contributed by atoms with Crippen LogP contribution in [0, 0.1) is 6.92 Å². The summed E-state index contributed by atoms with van der Waals surface area (Å²) in [6, 6.07) is 9.33. The van der Waals surface area contributed by atoms with E-state index in [0.29, 0.717) is 18.8 Å². The van der Waals surface area contributed by atoms with Crippen molar-refractivity contribution < 1.29 is 4.79 Å². The molecule has 0 bridgehead atoms. The number of aromatic nitrogens is 5. The third-order valence-electron chi connectivity index (χ3n) is 3.42. The lowest BCUT2D eigenvalue weighted by molar-refractivity contribution is -0.124. The Labute approximate surface area is 137 Å². The largest absolute Gasteiger partial charge is 0.348 e. The number of aryl methyl sites for hydroxylation is 1. The maximum absolute atomic E-state index is 12.6. The van der Waals surface area contributed by atoms with E-state index in [1.54, 1.807) is 17.8 Å². The number of thiazole rings is 1. The predicted octanol–water partition coefficient (Wildman–Crippen LogP) is 1.54. The number of carbonyl (C=O) groups excluding carboxylic acids is 1. The highest BCUT2D eigenvalue weighted by molar-refractivity contribution is 7.09. The SMILES string of the molecule is Cc1nnnn1[C@H](Cc1ccccc1)C(=O)NCc1nccs1. The number of tetrazole rings is 1. The normalized spacial score (nSPS) is 12.0. The molecule has 118 valence electrons. The third kappa shape index (κ3) is 3.78. The van der Waals surface area contributed by atoms with Crippen LogP contribution in [0.15, 0.2) is 41.9 Å². The Morgan fingerprint density at radius 3 is 2.83 bits per heavy atom. The Kier molecular flexibility index (Phi) is 4.72. The van der Waals surface area contributed by atoms with E-state index in [4.69, 9.17) is 0 Å². The van der Waals surface area contributed by atoms with Crippen molar-refractivity contribution in [2.24, 2.45) is 0 Å². The fourth-order valence-corrected chi connectivity index (χ4v) is 2.83. The lowest BCUT2D eigenvalue weighted by Gasteiger charge is -2.17. The first-order valence-corrected chi connectivity index (χ1v) is 8.06. The zero-order chi connectivity index (χ0) is 16.1. The second-order valence-corrected chi connectivity index (χ2v) is 6.00. The first-order valence-electron chi connectivity index (χ1n) is 7.18. The summed E-state index contributed by atoms with van der Waals surface area (Å²) in [5.74, 6) is 0.481. The molecule has 0 fully saturated rings. The molecule has 1 N–H and O–H groups in total. The van der Waals surface area contributed by atoms with E-state index in [0.717, 1.165) is 10.6 Å². The zero-order valence-corrected chi connectivity index (χ0v) is 13.4. The molecule has 1 amide bonds. The van der Waals surface area contributed by atoms with Crippen molar-refractivity contribution in [1.29, 1.82) is 0 Å². The number of rotatable bonds is 6. The molecule has 8 heteroatoms. The molecule has 0 spiro atoms. The summed E-state index contributed by atoms with van der Waals surface area (Å²) in [4.78, 5) is 16.8. The molecule has 0 unspecified atom stereocenters. The fourth-order valence-electron chi connectivity index (χ4n) is 2.27. The van der Waals surface area contributed by atoms with Gasteiger partial charge in [0.2, 0.25) is 5.91 Å². The molecule has 0 saturated heterocycles. The number of hydrogen-bond acceptors (Lipinski definition) is 6. The second-order valence-electron chi connectivity index (χ2n) is 5.02. The van der Waals surface area contributed by atoms with Crippen LogP contribution in [0.5, 0.6) is 0 Å². The minimum Gasteiger partial charge on any atom is -0.348 e. The molecule has 23 heavy (non-hydrogen) atoms. The van der Waals surface area contributed by atoms with Gasteiger partial charge in [-0.15, -0.1) is 16.4 Å². The van der Waals surface area contributed by atoms with E-state index in [-0.39, 0.29) is 5.91 Å². The van der Waals surface area contributed by atoms with E-state index >= 15 is 0 Å². The summed E-state index contributed by atoms with van der Waals surface area (Å²) in [7, 11) is 0. The van der Waals surface area contributed by atoms with Gasteiger partial charge in [-0.1, -0.05) is 30.3 Å². The molecule has 0 saturated carbocycles. The fraction of sp³-hybridized carbons (Fsp3) is 0.267. The van der Waals surface area contributed by atoms with E-state index in [2.05, 4.69) is 25.8 Å². The second kappa shape index (κ2) is 7.10. The van der Waals surface area contributed by atoms with Crippen molar-refractivity contribution in [2.75, 3.05) is 0 Å². The van der Waals surface area contributed by atoms with Crippen molar-refractivity contribution in [1.82, 2.24) is 30.5 Å². The van der Waals surface area contributed by atoms with Crippen LogP contribution in [-0.2, 0) is 17.8 Å². The Morgan fingerprint density at radius 2 is 2.17 bits per heavy atom. The van der Waals surface area contributed by atoms with Gasteiger partial charge in [0.15, 0.2) is 0 Å². The van der Waals surface area contributed by atoms with Gasteiger partial charge in [0.25, 0.3) is 0 Å². The van der Waals surface area contributed by atoms with Gasteiger partial charge in [0, 0.05) is 18.0 Å². The van der Waals surface area contributed by atoms with Crippen LogP contribution in [0.25, 0.3) is 0 Å². The van der Waals surface area contributed by atoms with Crippen LogP contribution in [-0.4, -0.2) is 31.1 Å². The van der Waals surface area contributed by atoms with Crippen LogP contribution < -0.4 is 5.32 Å². The molecule has 7 nitrogen and oxygen atoms in total. The predicted molar refractivity (Wildman–Crippen MR) is 85.7 cm³/mol. The van der Waals surface area contributed by atoms with E-state index < -0.39 is 6.04 Å². The topological polar surface area (TPSA) is 85.6 Å². The summed E-state index contributed by atoms with van der Waals surface area (Å²) < 4.78 is 1.56. The van der Waals surface area contributed by atoms with Gasteiger partial charge in [-0.05, 0) is 22.9 Å². The van der Waals surface area contributed by atoms with Gasteiger partial charge in [-0.25, -0.2) is 9.67 Å². The quantitative estimate of drug-likeness (QED) is 0.742. The van der Waals surface area contributed by atoms with Gasteiger partial charge in [0.1, 0.15) is 16.9 Å². The van der Waals surface area contributed by atoms with Gasteiger partial charge in [0.05, 0.1) is 6.54 Å². The van der Waals surface area contributed by atoms with E-state index in [1.807, 2.05) is 35.7 Å². The van der Waals surface area contributed by atoms with Crippen LogP contribution in [0.4, 0.5) is 0 Å². The number of nitrogens with zero attached hydrogens (tertiary/aromatic N) is 5. The molecule has 1 atom stereocenters. The van der Waals surface area contributed by atoms with Crippen molar-refractivity contribution >= 4 is 17.2 Å². The number of hydrogen-bond donors (Lipinski definition) is 1. The summed E-state index contributed by atoms with van der Waals surface area (Å²) in [6.07, 6.45) is 2.25. The highest BCUT2D eigenvalue weighted by Gasteiger charge is 2.24. The average molecular weight is 328 g/mol. The molecule has 1 aromatic carbocycles. The summed E-state index contributed by atoms with van der Waals surface area (Å²) in [5, 5.41) is 17.2. The van der Waals surface area contributed by atoms with Crippen molar-refractivity contribution in [2.45, 2.75) is 25.9 Å². The van der Waals surface area contributed by atoms with Crippen LogP contribution in [0.3, 0.4) is 0 Å². The molecule has 2 heterocycles. The lowest BCUT2D eigenvalue weighted by atomic mass is 10.1. The summed E-state index contributed by atoms with van der Waals surface area (Å²) >= 11 is 1.51. The molecule has 0 aliphatic carbocycles. The van der Waals surface area contributed by atoms with Crippen LogP contribution in [0.1, 0.15) is 22.4 Å². The van der Waals surface area contributed by atoms with Crippen molar-refractivity contribution in [3.05, 3.63) is 58.3 Å². The number of nitrogens with one attached hydrogen (secondary N) is 1. The van der Waals surface area contributed by atoms with Gasteiger partial charge in [-0.2, -0.15) is 0 Å². The monoisotopic (exact) mass is 328 g/mol. The van der Waals surface area contributed by atoms with Crippen LogP contribution >= 0.6 is 11.3 Å². The zero-order valence-electron chi connectivity index (χ0n) is 12.6. The molecule has 0 aliphatic heterocycles. The minimum absolute atomic E-state index is 0.126. The highest BCUT2D eigenvalue weighted by atomic mass is 32.1. The molecule has 3 rings (SSSR count).